The lowest BCUT2D eigenvalue weighted by molar-refractivity contribution is -0.158. The van der Waals surface area contributed by atoms with Crippen LogP contribution in [0.25, 0.3) is 0 Å². The van der Waals surface area contributed by atoms with E-state index in [9.17, 15) is 47.9 Å². The van der Waals surface area contributed by atoms with Gasteiger partial charge in [-0.25, -0.2) is 4.79 Å². The average Bonchev–Trinajstić information content (AvgIpc) is 4.08. The van der Waals surface area contributed by atoms with Gasteiger partial charge < -0.3 is 40.0 Å². The Morgan fingerprint density at radius 2 is 1.40 bits per heavy atom. The molecule has 0 bridgehead atoms. The number of hydrogen-bond acceptors (Lipinski definition) is 13. The molecule has 0 aliphatic carbocycles. The molecule has 0 spiro atoms. The van der Waals surface area contributed by atoms with Crippen LogP contribution in [0, 0.1) is 23.7 Å². The molecule has 0 radical (unpaired) electrons. The van der Waals surface area contributed by atoms with E-state index in [1.54, 1.807) is 46.9 Å². The molecule has 430 valence electrons. The largest absolute Gasteiger partial charge is 0.458 e. The van der Waals surface area contributed by atoms with Gasteiger partial charge in [0.05, 0.1) is 43.3 Å². The van der Waals surface area contributed by atoms with Gasteiger partial charge in [-0.2, -0.15) is 0 Å². The maximum Gasteiger partial charge on any atom is 0.329 e. The molecule has 3 N–H and O–H groups in total. The summed E-state index contributed by atoms with van der Waals surface area (Å²) in [5, 5.41) is 7.90. The van der Waals surface area contributed by atoms with Crippen molar-refractivity contribution >= 4 is 59.6 Å². The third-order valence-electron chi connectivity index (χ3n) is 13.6. The van der Waals surface area contributed by atoms with Crippen molar-refractivity contribution in [1.29, 1.82) is 0 Å². The standard InChI is InChI=1S/C29H55N3O5.C14H15N3O5.C14H19NO3/c1-12-21(8)27(31(9)29(35)26(19(4)5)30-24(33)16-18(2)3)23(36-10)17-25(34)32-15-13-14-22(32)28(37-11)20(6)7;1-15-10(18)3-2-9(17-13(21)6-7-14(17)22)8-16-11(19)4-5-12(16)20;1-14(2,3)18-13(17)12(15-10-16)9-11-7-5-4-6-8-11/h18-23,26-28H,12-17H2,1-11H3,(H,30,33);4-7,9H,2-3,8H2,1H3,(H,15,18);4-8,10,12H,9H2,1-3H3,(H,15,16)/t21?,22-,23?,26?,27?,28?;;/m0../s1. The first-order valence-electron chi connectivity index (χ1n) is 26.8. The van der Waals surface area contributed by atoms with Crippen LogP contribution in [0.5, 0.6) is 0 Å². The van der Waals surface area contributed by atoms with Crippen LogP contribution in [0.2, 0.25) is 0 Å². The van der Waals surface area contributed by atoms with Gasteiger partial charge in [0, 0.05) is 78.4 Å². The first-order chi connectivity index (χ1) is 36.2. The van der Waals surface area contributed by atoms with Crippen molar-refractivity contribution in [3.05, 3.63) is 60.2 Å². The van der Waals surface area contributed by atoms with Crippen LogP contribution >= 0.6 is 0 Å². The average molecular weight is 1080 g/mol. The van der Waals surface area contributed by atoms with Crippen LogP contribution in [-0.4, -0.2) is 169 Å². The topological polar surface area (TPSA) is 247 Å². The van der Waals surface area contributed by atoms with Crippen molar-refractivity contribution in [2.24, 2.45) is 23.7 Å². The molecule has 3 aliphatic heterocycles. The minimum Gasteiger partial charge on any atom is -0.458 e. The molecule has 3 aliphatic rings. The third-order valence-corrected chi connectivity index (χ3v) is 13.6. The summed E-state index contributed by atoms with van der Waals surface area (Å²) in [5.41, 5.74) is 0.416. The van der Waals surface area contributed by atoms with E-state index in [-0.39, 0.29) is 85.4 Å². The number of ether oxygens (including phenoxy) is 3. The first kappa shape index (κ1) is 66.8. The molecule has 0 saturated carbocycles. The van der Waals surface area contributed by atoms with E-state index in [0.29, 0.717) is 31.7 Å². The number of nitrogens with zero attached hydrogens (tertiary/aromatic N) is 4. The zero-order valence-corrected chi connectivity index (χ0v) is 48.3. The molecule has 4 rings (SSSR count). The lowest BCUT2D eigenvalue weighted by atomic mass is 9.89. The molecule has 0 aromatic heterocycles. The van der Waals surface area contributed by atoms with Crippen LogP contribution in [0.3, 0.4) is 0 Å². The fourth-order valence-corrected chi connectivity index (χ4v) is 9.51. The number of rotatable bonds is 26. The Morgan fingerprint density at radius 3 is 1.88 bits per heavy atom. The zero-order valence-electron chi connectivity index (χ0n) is 48.3. The highest BCUT2D eigenvalue weighted by molar-refractivity contribution is 6.14. The van der Waals surface area contributed by atoms with Crippen molar-refractivity contribution in [2.75, 3.05) is 41.4 Å². The van der Waals surface area contributed by atoms with Gasteiger partial charge in [0.15, 0.2) is 0 Å². The predicted molar refractivity (Wildman–Crippen MR) is 291 cm³/mol. The van der Waals surface area contributed by atoms with Gasteiger partial charge in [-0.15, -0.1) is 0 Å². The summed E-state index contributed by atoms with van der Waals surface area (Å²) in [5.74, 6) is -2.39. The highest BCUT2D eigenvalue weighted by Crippen LogP contribution is 2.29. The van der Waals surface area contributed by atoms with Crippen molar-refractivity contribution in [3.8, 4) is 0 Å². The number of methoxy groups -OCH3 is 2. The van der Waals surface area contributed by atoms with Crippen molar-refractivity contribution in [2.45, 2.75) is 176 Å². The maximum absolute atomic E-state index is 13.7. The fraction of sp³-hybridized carbons (Fsp3) is 0.649. The smallest absolute Gasteiger partial charge is 0.329 e. The Morgan fingerprint density at radius 1 is 0.818 bits per heavy atom. The summed E-state index contributed by atoms with van der Waals surface area (Å²) >= 11 is 0. The van der Waals surface area contributed by atoms with E-state index in [1.807, 2.05) is 62.9 Å². The molecule has 7 unspecified atom stereocenters. The third kappa shape index (κ3) is 21.2. The van der Waals surface area contributed by atoms with Gasteiger partial charge in [0.2, 0.25) is 30.0 Å². The number of benzene rings is 1. The summed E-state index contributed by atoms with van der Waals surface area (Å²) in [7, 11) is 6.58. The summed E-state index contributed by atoms with van der Waals surface area (Å²) in [4.78, 5) is 126. The van der Waals surface area contributed by atoms with Gasteiger partial charge in [-0.05, 0) is 69.3 Å². The Bertz CT molecular complexity index is 2170. The molecule has 9 amide bonds. The van der Waals surface area contributed by atoms with Crippen molar-refractivity contribution in [3.63, 3.8) is 0 Å². The second-order valence-electron chi connectivity index (χ2n) is 21.9. The van der Waals surface area contributed by atoms with Crippen LogP contribution < -0.4 is 16.0 Å². The monoisotopic (exact) mass is 1080 g/mol. The molecule has 1 aromatic rings. The molecule has 3 heterocycles. The van der Waals surface area contributed by atoms with E-state index in [4.69, 9.17) is 14.2 Å². The van der Waals surface area contributed by atoms with Gasteiger partial charge in [0.25, 0.3) is 23.6 Å². The molecule has 20 heteroatoms. The number of hydrogen-bond donors (Lipinski definition) is 3. The SMILES string of the molecule is CC(C)(C)OC(=O)C(Cc1ccccc1)NC=O.CCC(C)C(C(CC(=O)N1CCC[C@H]1C(OC)C(C)C)OC)N(C)C(=O)C(NC(=O)CC(C)C)C(C)C.CNC(=O)CCC(CN1C(=O)C=CC1=O)N1C(=O)C=CC1=O. The maximum atomic E-state index is 13.7. The van der Waals surface area contributed by atoms with E-state index in [0.717, 1.165) is 58.9 Å². The first-order valence-corrected chi connectivity index (χ1v) is 26.8. The van der Waals surface area contributed by atoms with Crippen LogP contribution in [0.15, 0.2) is 54.6 Å². The number of nitrogens with one attached hydrogen (secondary N) is 3. The van der Waals surface area contributed by atoms with Gasteiger partial charge in [-0.3, -0.25) is 53.0 Å². The molecule has 8 atom stereocenters. The number of likely N-dealkylation sites (tertiary alicyclic amines) is 1. The molecule has 1 fully saturated rings. The minimum atomic E-state index is -0.736. The van der Waals surface area contributed by atoms with Gasteiger partial charge >= 0.3 is 5.97 Å². The molecular formula is C57H89N7O13. The lowest BCUT2D eigenvalue weighted by Crippen LogP contribution is -2.57. The molecule has 20 nitrogen and oxygen atoms in total. The Balaban J connectivity index is 0.000000429. The summed E-state index contributed by atoms with van der Waals surface area (Å²) in [6.45, 7) is 22.2. The Labute approximate surface area is 456 Å². The second kappa shape index (κ2) is 32.5. The Hall–Kier alpha value is -6.28. The van der Waals surface area contributed by atoms with E-state index in [1.165, 1.54) is 7.05 Å². The number of carbonyl (C=O) groups excluding carboxylic acids is 10. The highest BCUT2D eigenvalue weighted by atomic mass is 16.6. The summed E-state index contributed by atoms with van der Waals surface area (Å²) in [6.07, 6.45) is 8.51. The van der Waals surface area contributed by atoms with Gasteiger partial charge in [-0.1, -0.05) is 92.1 Å². The van der Waals surface area contributed by atoms with Crippen LogP contribution in [0.1, 0.15) is 127 Å². The minimum absolute atomic E-state index is 0.0108. The molecule has 1 saturated heterocycles. The highest BCUT2D eigenvalue weighted by Gasteiger charge is 2.42. The number of esters is 1. The van der Waals surface area contributed by atoms with Crippen LogP contribution in [0.4, 0.5) is 0 Å². The number of amides is 9. The molecule has 1 aromatic carbocycles. The molecule has 77 heavy (non-hydrogen) atoms. The second-order valence-corrected chi connectivity index (χ2v) is 21.9. The van der Waals surface area contributed by atoms with E-state index >= 15 is 0 Å². The number of imide groups is 2. The van der Waals surface area contributed by atoms with E-state index in [2.05, 4.69) is 43.6 Å². The fourth-order valence-electron chi connectivity index (χ4n) is 9.51. The van der Waals surface area contributed by atoms with Crippen molar-refractivity contribution < 1.29 is 62.2 Å². The zero-order chi connectivity index (χ0) is 58.3. The summed E-state index contributed by atoms with van der Waals surface area (Å²) in [6, 6.07) is 7.23. The Kier molecular flexibility index (Phi) is 28.2. The lowest BCUT2D eigenvalue weighted by Gasteiger charge is -2.40. The quantitative estimate of drug-likeness (QED) is 0.0657. The molecular weight excluding hydrogens is 991 g/mol. The van der Waals surface area contributed by atoms with Crippen molar-refractivity contribution in [1.82, 2.24) is 35.6 Å². The number of carbonyl (C=O) groups is 10. The van der Waals surface area contributed by atoms with Crippen LogP contribution in [-0.2, 0) is 68.6 Å². The summed E-state index contributed by atoms with van der Waals surface area (Å²) < 4.78 is 17.0. The van der Waals surface area contributed by atoms with E-state index < -0.39 is 59.4 Å². The normalized spacial score (nSPS) is 17.9. The number of likely N-dealkylation sites (N-methyl/N-ethyl adjacent to an activating group) is 1. The predicted octanol–water partition coefficient (Wildman–Crippen LogP) is 4.53. The van der Waals surface area contributed by atoms with Gasteiger partial charge in [0.1, 0.15) is 17.7 Å².